The predicted octanol–water partition coefficient (Wildman–Crippen LogP) is 9.84. The largest absolute Gasteiger partial charge is 2.00 e. The number of benzene rings is 3. The van der Waals surface area contributed by atoms with Crippen LogP contribution in [0.4, 0.5) is 0 Å². The maximum atomic E-state index is 7.95. The van der Waals surface area contributed by atoms with Crippen molar-refractivity contribution in [2.24, 2.45) is 4.99 Å². The second-order valence-electron chi connectivity index (χ2n) is 14.5. The molecule has 0 amide bonds. The van der Waals surface area contributed by atoms with Gasteiger partial charge in [-0.15, -0.1) is 29.1 Å². The van der Waals surface area contributed by atoms with E-state index < -0.39 is 12.4 Å². The summed E-state index contributed by atoms with van der Waals surface area (Å²) in [7, 11) is 0. The zero-order chi connectivity index (χ0) is 34.1. The summed E-state index contributed by atoms with van der Waals surface area (Å²) in [6.45, 7) is 16.7. The molecule has 1 atom stereocenters. The number of aromatic nitrogens is 2. The van der Waals surface area contributed by atoms with Gasteiger partial charge in [0.05, 0.1) is 5.54 Å². The van der Waals surface area contributed by atoms with Crippen LogP contribution in [0.15, 0.2) is 65.8 Å². The van der Waals surface area contributed by atoms with E-state index in [1.165, 1.54) is 11.1 Å². The number of hydrogen-bond acceptors (Lipinski definition) is 4. The molecule has 3 aromatic carbocycles. The molecule has 2 aromatic heterocycles. The zero-order valence-corrected chi connectivity index (χ0v) is 29.8. The molecule has 3 heterocycles. The molecule has 0 N–H and O–H groups in total. The number of fused-ring (bicyclic) bond motifs is 3. The van der Waals surface area contributed by atoms with Gasteiger partial charge in [-0.05, 0) is 65.2 Å². The molecule has 6 rings (SSSR count). The third kappa shape index (κ3) is 6.61. The van der Waals surface area contributed by atoms with Gasteiger partial charge in [0.1, 0.15) is 18.3 Å². The molecule has 0 fully saturated rings. The Kier molecular flexibility index (Phi) is 7.56. The molecule has 1 aliphatic heterocycles. The molecule has 6 heteroatoms. The molecule has 1 aliphatic rings. The average molecular weight is 784 g/mol. The van der Waals surface area contributed by atoms with Crippen LogP contribution in [0.3, 0.4) is 0 Å². The third-order valence-corrected chi connectivity index (χ3v) is 8.18. The molecule has 0 aliphatic carbocycles. The van der Waals surface area contributed by atoms with Crippen molar-refractivity contribution in [2.45, 2.75) is 91.5 Å². The van der Waals surface area contributed by atoms with Crippen LogP contribution in [-0.2, 0) is 36.6 Å². The smallest absolute Gasteiger partial charge is 0.518 e. The summed E-state index contributed by atoms with van der Waals surface area (Å²) in [6.07, 6.45) is 1.87. The average Bonchev–Trinajstić information content (AvgIpc) is 3.54. The van der Waals surface area contributed by atoms with Crippen molar-refractivity contribution < 1.29 is 34.7 Å². The van der Waals surface area contributed by atoms with Crippen molar-refractivity contribution in [1.29, 1.82) is 0 Å². The molecule has 45 heavy (non-hydrogen) atoms. The third-order valence-electron chi connectivity index (χ3n) is 8.18. The molecule has 5 nitrogen and oxygen atoms in total. The Morgan fingerprint density at radius 3 is 2.31 bits per heavy atom. The van der Waals surface area contributed by atoms with Crippen LogP contribution in [0, 0.1) is 12.1 Å². The van der Waals surface area contributed by atoms with Crippen LogP contribution in [-0.4, -0.2) is 27.6 Å². The van der Waals surface area contributed by atoms with Crippen LogP contribution in [0.25, 0.3) is 27.6 Å². The van der Waals surface area contributed by atoms with Gasteiger partial charge in [0, 0.05) is 27.3 Å². The Balaban J connectivity index is 0.00000451. The van der Waals surface area contributed by atoms with Crippen molar-refractivity contribution >= 4 is 27.7 Å². The SMILES string of the molecule is [2H]C([2H])([2H])[C@]1(C)COC(c2[c-]c(Oc3[c-]c4c(cc3)c3cc(C(C)(C)C)ccc3n4-c3cc(C(C)(C)C)ccn3)cc(C(C)C)c2)=N1.[Pt+2]. The first-order chi connectivity index (χ1) is 21.8. The zero-order valence-electron chi connectivity index (χ0n) is 30.5. The topological polar surface area (TPSA) is 48.6 Å². The monoisotopic (exact) mass is 783 g/mol. The number of aliphatic imine (C=N–C) groups is 1. The molecule has 0 bridgehead atoms. The first kappa shape index (κ1) is 29.0. The Hall–Kier alpha value is -3.43. The van der Waals surface area contributed by atoms with Crippen molar-refractivity contribution in [3.8, 4) is 17.3 Å². The minimum absolute atomic E-state index is 0. The molecular formula is C39H43N3O2Pt. The second-order valence-corrected chi connectivity index (χ2v) is 14.5. The van der Waals surface area contributed by atoms with Gasteiger partial charge < -0.3 is 14.0 Å². The quantitative estimate of drug-likeness (QED) is 0.167. The summed E-state index contributed by atoms with van der Waals surface area (Å²) in [5, 5.41) is 2.18. The number of pyridine rings is 1. The predicted molar refractivity (Wildman–Crippen MR) is 181 cm³/mol. The fraction of sp³-hybridized carbons (Fsp3) is 0.385. The summed E-state index contributed by atoms with van der Waals surface area (Å²) >= 11 is 0. The molecule has 0 saturated heterocycles. The van der Waals surface area contributed by atoms with E-state index in [2.05, 4.69) is 113 Å². The van der Waals surface area contributed by atoms with E-state index in [9.17, 15) is 0 Å². The van der Waals surface area contributed by atoms with Crippen LogP contribution < -0.4 is 4.74 Å². The van der Waals surface area contributed by atoms with E-state index in [1.807, 2.05) is 24.4 Å². The van der Waals surface area contributed by atoms with Gasteiger partial charge in [-0.25, -0.2) is 4.98 Å². The molecule has 0 unspecified atom stereocenters. The summed E-state index contributed by atoms with van der Waals surface area (Å²) in [4.78, 5) is 9.32. The van der Waals surface area contributed by atoms with Crippen LogP contribution in [0.5, 0.6) is 11.5 Å². The molecule has 0 saturated carbocycles. The maximum absolute atomic E-state index is 7.95. The van der Waals surface area contributed by atoms with Crippen molar-refractivity contribution in [2.75, 3.05) is 6.61 Å². The van der Waals surface area contributed by atoms with Gasteiger partial charge in [0.2, 0.25) is 0 Å². The van der Waals surface area contributed by atoms with E-state index >= 15 is 0 Å². The van der Waals surface area contributed by atoms with Crippen LogP contribution in [0.1, 0.15) is 101 Å². The summed E-state index contributed by atoms with van der Waals surface area (Å²) < 4.78 is 38.3. The Bertz CT molecular complexity index is 2030. The van der Waals surface area contributed by atoms with Gasteiger partial charge in [-0.1, -0.05) is 90.7 Å². The maximum Gasteiger partial charge on any atom is 2.00 e. The number of hydrogen-bond donors (Lipinski definition) is 0. The van der Waals surface area contributed by atoms with E-state index in [0.29, 0.717) is 17.1 Å². The van der Waals surface area contributed by atoms with E-state index in [1.54, 1.807) is 6.92 Å². The van der Waals surface area contributed by atoms with Crippen molar-refractivity contribution in [3.63, 3.8) is 0 Å². The van der Waals surface area contributed by atoms with Gasteiger partial charge in [0.25, 0.3) is 0 Å². The first-order valence-corrected chi connectivity index (χ1v) is 15.3. The van der Waals surface area contributed by atoms with Crippen LogP contribution >= 0.6 is 0 Å². The van der Waals surface area contributed by atoms with Gasteiger partial charge in [-0.3, -0.25) is 4.99 Å². The fourth-order valence-corrected chi connectivity index (χ4v) is 5.52. The summed E-state index contributed by atoms with van der Waals surface area (Å²) in [5.41, 5.74) is 4.53. The summed E-state index contributed by atoms with van der Waals surface area (Å²) in [5.74, 6) is 2.25. The number of rotatable bonds is 5. The molecular weight excluding hydrogens is 738 g/mol. The number of ether oxygens (including phenoxy) is 2. The van der Waals surface area contributed by atoms with Gasteiger partial charge in [0.15, 0.2) is 0 Å². The van der Waals surface area contributed by atoms with Crippen LogP contribution in [0.2, 0.25) is 0 Å². The number of nitrogens with zero attached hydrogens (tertiary/aromatic N) is 3. The normalized spacial score (nSPS) is 18.3. The standard InChI is InChI=1S/C39H43N3O2.Pt/c1-24(2)25-17-26(36-41-39(9,10)23-43-36)19-30(18-25)44-29-12-13-31-32-20-27(37(3,4)5)11-14-33(32)42(34(31)22-29)35-21-28(15-16-40-35)38(6,7)8;/h11-18,20-21,24H,23H2,1-10H3;/q-2;+2/i9D3;/t39-;/m0./s1. The minimum atomic E-state index is -2.29. The van der Waals surface area contributed by atoms with E-state index in [4.69, 9.17) is 18.6 Å². The van der Waals surface area contributed by atoms with E-state index in [0.717, 1.165) is 33.2 Å². The minimum Gasteiger partial charge on any atom is -0.518 e. The fourth-order valence-electron chi connectivity index (χ4n) is 5.52. The van der Waals surface area contributed by atoms with E-state index in [-0.39, 0.29) is 50.3 Å². The summed E-state index contributed by atoms with van der Waals surface area (Å²) in [6, 6.07) is 25.6. The second kappa shape index (κ2) is 11.7. The Labute approximate surface area is 286 Å². The Morgan fingerprint density at radius 1 is 0.911 bits per heavy atom. The van der Waals surface area contributed by atoms with Gasteiger partial charge >= 0.3 is 21.1 Å². The first-order valence-electron chi connectivity index (χ1n) is 16.8. The van der Waals surface area contributed by atoms with Crippen molar-refractivity contribution in [1.82, 2.24) is 9.55 Å². The van der Waals surface area contributed by atoms with Crippen molar-refractivity contribution in [3.05, 3.63) is 95.2 Å². The molecule has 5 aromatic rings. The molecule has 0 radical (unpaired) electrons. The Morgan fingerprint density at radius 2 is 1.64 bits per heavy atom. The van der Waals surface area contributed by atoms with Gasteiger partial charge in [-0.2, -0.15) is 6.07 Å². The molecule has 0 spiro atoms. The molecule has 236 valence electrons.